The summed E-state index contributed by atoms with van der Waals surface area (Å²) in [6.45, 7) is 5.28. The van der Waals surface area contributed by atoms with Crippen molar-refractivity contribution in [1.29, 1.82) is 0 Å². The summed E-state index contributed by atoms with van der Waals surface area (Å²) in [6, 6.07) is 0. The van der Waals surface area contributed by atoms with Crippen molar-refractivity contribution in [3.63, 3.8) is 0 Å². The number of unbranched alkanes of at least 4 members (excludes halogenated alkanes) is 1. The molecule has 232 valence electrons. The Hall–Kier alpha value is -2.82. The minimum atomic E-state index is -1.99. The van der Waals surface area contributed by atoms with E-state index < -0.39 is 34.5 Å². The van der Waals surface area contributed by atoms with Crippen LogP contribution in [0, 0.1) is 5.41 Å². The average Bonchev–Trinajstić information content (AvgIpc) is 2.92. The first-order chi connectivity index (χ1) is 19.6. The third-order valence-electron chi connectivity index (χ3n) is 5.75. The van der Waals surface area contributed by atoms with Crippen molar-refractivity contribution in [2.24, 2.45) is 5.41 Å². The Labute approximate surface area is 248 Å². The van der Waals surface area contributed by atoms with E-state index in [0.717, 1.165) is 38.5 Å². The van der Waals surface area contributed by atoms with E-state index >= 15 is 0 Å². The van der Waals surface area contributed by atoms with Crippen LogP contribution in [0.4, 0.5) is 0 Å². The van der Waals surface area contributed by atoms with Gasteiger partial charge in [0.2, 0.25) is 11.8 Å². The van der Waals surface area contributed by atoms with Gasteiger partial charge in [0.25, 0.3) is 0 Å². The van der Waals surface area contributed by atoms with E-state index in [1.807, 2.05) is 6.08 Å². The van der Waals surface area contributed by atoms with Crippen molar-refractivity contribution in [2.45, 2.75) is 84.7 Å². The SMILES string of the molecule is CCC=CCC=CCC=CCC=CCC=CCCCC(=O)OCC(C)(C)C(O)C(=O)NCCC(=O)NCCS(=O)O. The van der Waals surface area contributed by atoms with E-state index in [2.05, 4.69) is 72.2 Å². The molecular weight excluding hydrogens is 544 g/mol. The first-order valence-electron chi connectivity index (χ1n) is 14.3. The van der Waals surface area contributed by atoms with E-state index in [9.17, 15) is 23.7 Å². The molecule has 0 aliphatic rings. The Morgan fingerprint density at radius 1 is 0.829 bits per heavy atom. The van der Waals surface area contributed by atoms with Crippen molar-refractivity contribution in [1.82, 2.24) is 10.6 Å². The summed E-state index contributed by atoms with van der Waals surface area (Å²) in [5.74, 6) is -1.53. The highest BCUT2D eigenvalue weighted by atomic mass is 32.2. The summed E-state index contributed by atoms with van der Waals surface area (Å²) in [7, 11) is 0. The maximum atomic E-state index is 12.2. The number of ether oxygens (including phenoxy) is 1. The van der Waals surface area contributed by atoms with Gasteiger partial charge in [0.1, 0.15) is 6.10 Å². The molecule has 0 rings (SSSR count). The summed E-state index contributed by atoms with van der Waals surface area (Å²) >= 11 is -1.99. The molecule has 4 N–H and O–H groups in total. The van der Waals surface area contributed by atoms with Gasteiger partial charge < -0.3 is 25.0 Å². The van der Waals surface area contributed by atoms with Crippen LogP contribution in [0.1, 0.15) is 78.6 Å². The molecule has 0 aromatic carbocycles. The number of aliphatic hydroxyl groups is 1. The molecule has 0 spiro atoms. The van der Waals surface area contributed by atoms with Crippen LogP contribution in [0.15, 0.2) is 60.8 Å². The first kappa shape index (κ1) is 38.2. The monoisotopic (exact) mass is 594 g/mol. The topological polar surface area (TPSA) is 142 Å². The van der Waals surface area contributed by atoms with Gasteiger partial charge in [-0.3, -0.25) is 14.4 Å². The van der Waals surface area contributed by atoms with Gasteiger partial charge >= 0.3 is 5.97 Å². The Kier molecular flexibility index (Phi) is 23.2. The Morgan fingerprint density at radius 3 is 1.90 bits per heavy atom. The predicted molar refractivity (Wildman–Crippen MR) is 165 cm³/mol. The van der Waals surface area contributed by atoms with Crippen LogP contribution in [-0.2, 0) is 30.2 Å². The number of hydrogen-bond acceptors (Lipinski definition) is 6. The average molecular weight is 595 g/mol. The standard InChI is InChI=1S/C31H50N2O7S/c1-4-5-6-7-8-9-10-11-12-13-14-15-16-17-18-19-20-21-28(35)40-26-31(2,3)29(36)30(37)33-23-22-27(34)32-24-25-41(38)39/h5-6,8-9,11-12,14-15,17-18,29,36H,4,7,10,13,16,19-26H2,1-3H3,(H,32,34)(H,33,37)(H,38,39). The summed E-state index contributed by atoms with van der Waals surface area (Å²) < 4.78 is 24.5. The summed E-state index contributed by atoms with van der Waals surface area (Å²) in [4.78, 5) is 36.0. The smallest absolute Gasteiger partial charge is 0.305 e. The summed E-state index contributed by atoms with van der Waals surface area (Å²) in [5.41, 5.74) is -1.02. The highest BCUT2D eigenvalue weighted by Crippen LogP contribution is 2.22. The quantitative estimate of drug-likeness (QED) is 0.0582. The van der Waals surface area contributed by atoms with E-state index in [-0.39, 0.29) is 44.2 Å². The molecule has 0 aliphatic heterocycles. The Bertz CT molecular complexity index is 923. The molecule has 0 aromatic heterocycles. The van der Waals surface area contributed by atoms with Gasteiger partial charge in [0.05, 0.1) is 12.4 Å². The normalized spacial score (nSPS) is 14.0. The van der Waals surface area contributed by atoms with Gasteiger partial charge in [0.15, 0.2) is 11.1 Å². The molecule has 2 amide bonds. The van der Waals surface area contributed by atoms with Crippen molar-refractivity contribution in [2.75, 3.05) is 25.4 Å². The van der Waals surface area contributed by atoms with Gasteiger partial charge in [-0.05, 0) is 44.9 Å². The van der Waals surface area contributed by atoms with Crippen LogP contribution < -0.4 is 10.6 Å². The van der Waals surface area contributed by atoms with Crippen molar-refractivity contribution >= 4 is 28.9 Å². The summed E-state index contributed by atoms with van der Waals surface area (Å²) in [6.07, 6.45) is 26.3. The van der Waals surface area contributed by atoms with Gasteiger partial charge in [-0.25, -0.2) is 4.21 Å². The van der Waals surface area contributed by atoms with Crippen molar-refractivity contribution in [3.8, 4) is 0 Å². The van der Waals surface area contributed by atoms with E-state index in [4.69, 9.17) is 9.29 Å². The van der Waals surface area contributed by atoms with E-state index in [0.29, 0.717) is 6.42 Å². The maximum absolute atomic E-state index is 12.2. The second-order valence-corrected chi connectivity index (χ2v) is 11.1. The molecule has 0 aliphatic carbocycles. The lowest BCUT2D eigenvalue weighted by molar-refractivity contribution is -0.153. The second kappa shape index (κ2) is 24.9. The third-order valence-corrected chi connectivity index (χ3v) is 6.31. The molecule has 0 fully saturated rings. The van der Waals surface area contributed by atoms with Crippen LogP contribution in [0.25, 0.3) is 0 Å². The van der Waals surface area contributed by atoms with Gasteiger partial charge in [-0.15, -0.1) is 0 Å². The predicted octanol–water partition coefficient (Wildman–Crippen LogP) is 4.68. The van der Waals surface area contributed by atoms with Crippen LogP contribution in [0.2, 0.25) is 0 Å². The zero-order valence-electron chi connectivity index (χ0n) is 24.9. The van der Waals surface area contributed by atoms with Gasteiger partial charge in [-0.1, -0.05) is 81.5 Å². The highest BCUT2D eigenvalue weighted by Gasteiger charge is 2.34. The minimum absolute atomic E-state index is 0.00436. The van der Waals surface area contributed by atoms with Crippen molar-refractivity contribution < 1.29 is 33.0 Å². The number of nitrogens with one attached hydrogen (secondary N) is 2. The third kappa shape index (κ3) is 23.6. The van der Waals surface area contributed by atoms with Crippen LogP contribution in [0.5, 0.6) is 0 Å². The number of aliphatic hydroxyl groups excluding tert-OH is 1. The van der Waals surface area contributed by atoms with Gasteiger partial charge in [-0.2, -0.15) is 0 Å². The first-order valence-corrected chi connectivity index (χ1v) is 15.6. The molecule has 2 unspecified atom stereocenters. The fourth-order valence-electron chi connectivity index (χ4n) is 3.27. The highest BCUT2D eigenvalue weighted by molar-refractivity contribution is 7.79. The fraction of sp³-hybridized carbons (Fsp3) is 0.581. The molecule has 2 atom stereocenters. The molecule has 0 bridgehead atoms. The molecule has 0 saturated heterocycles. The maximum Gasteiger partial charge on any atom is 0.305 e. The molecule has 9 nitrogen and oxygen atoms in total. The van der Waals surface area contributed by atoms with Crippen LogP contribution in [0.3, 0.4) is 0 Å². The largest absolute Gasteiger partial charge is 0.465 e. The number of allylic oxidation sites excluding steroid dienone is 10. The number of carbonyl (C=O) groups excluding carboxylic acids is 3. The van der Waals surface area contributed by atoms with E-state index in [1.165, 1.54) is 0 Å². The van der Waals surface area contributed by atoms with Crippen LogP contribution in [-0.4, -0.2) is 63.2 Å². The molecule has 0 aromatic rings. The zero-order chi connectivity index (χ0) is 30.8. The number of esters is 1. The zero-order valence-corrected chi connectivity index (χ0v) is 25.7. The molecule has 0 radical (unpaired) electrons. The molecule has 10 heteroatoms. The number of hydrogen-bond donors (Lipinski definition) is 4. The van der Waals surface area contributed by atoms with Gasteiger partial charge in [0, 0.05) is 31.3 Å². The Balaban J connectivity index is 4.00. The van der Waals surface area contributed by atoms with E-state index in [1.54, 1.807) is 13.8 Å². The lowest BCUT2D eigenvalue weighted by atomic mass is 9.87. The Morgan fingerprint density at radius 2 is 1.37 bits per heavy atom. The van der Waals surface area contributed by atoms with Crippen molar-refractivity contribution in [3.05, 3.63) is 60.8 Å². The van der Waals surface area contributed by atoms with Crippen LogP contribution >= 0.6 is 0 Å². The molecular formula is C31H50N2O7S. The minimum Gasteiger partial charge on any atom is -0.465 e. The molecule has 41 heavy (non-hydrogen) atoms. The number of carbonyl (C=O) groups is 3. The lowest BCUT2D eigenvalue weighted by Crippen LogP contribution is -2.47. The molecule has 0 saturated carbocycles. The second-order valence-electron chi connectivity index (χ2n) is 10.1. The lowest BCUT2D eigenvalue weighted by Gasteiger charge is -2.29. The summed E-state index contributed by atoms with van der Waals surface area (Å²) in [5, 5.41) is 15.3. The molecule has 0 heterocycles. The number of rotatable bonds is 23. The fourth-order valence-corrected chi connectivity index (χ4v) is 3.54. The number of amides is 2.